The largest absolute Gasteiger partial charge is 0.481 e. The molecule has 3 amide bonds. The number of rotatable bonds is 13. The van der Waals surface area contributed by atoms with Crippen LogP contribution in [0, 0.1) is 5.92 Å². The number of hydroxylamine groups is 2. The summed E-state index contributed by atoms with van der Waals surface area (Å²) >= 11 is 0. The van der Waals surface area contributed by atoms with Gasteiger partial charge in [0.15, 0.2) is 11.5 Å². The Hall–Kier alpha value is -3.22. The average Bonchev–Trinajstić information content (AvgIpc) is 3.62. The van der Waals surface area contributed by atoms with Gasteiger partial charge in [-0.3, -0.25) is 33.8 Å². The summed E-state index contributed by atoms with van der Waals surface area (Å²) in [6, 6.07) is 2.82. The number of aliphatic hydroxyl groups is 1. The molecule has 12 heteroatoms. The number of fused-ring (bicyclic) bond motifs is 1. The number of aliphatic hydroxyl groups excluding tert-OH is 1. The van der Waals surface area contributed by atoms with Gasteiger partial charge in [0.2, 0.25) is 18.6 Å². The lowest BCUT2D eigenvalue weighted by molar-refractivity contribution is -0.188. The predicted octanol–water partition coefficient (Wildman–Crippen LogP) is 1.50. The minimum absolute atomic E-state index is 0.00494. The maximum atomic E-state index is 13.3. The van der Waals surface area contributed by atoms with Crippen LogP contribution in [0.4, 0.5) is 0 Å². The summed E-state index contributed by atoms with van der Waals surface area (Å²) in [5.41, 5.74) is 1.14. The molecular weight excluding hydrogens is 510 g/mol. The van der Waals surface area contributed by atoms with E-state index in [9.17, 15) is 29.4 Å². The smallest absolute Gasteiger partial charge is 0.308 e. The first-order chi connectivity index (χ1) is 18.8. The van der Waals surface area contributed by atoms with Gasteiger partial charge in [0, 0.05) is 50.0 Å². The van der Waals surface area contributed by atoms with Crippen molar-refractivity contribution in [3.63, 3.8) is 0 Å². The maximum absolute atomic E-state index is 13.3. The molecule has 0 bridgehead atoms. The van der Waals surface area contributed by atoms with Gasteiger partial charge in [-0.2, -0.15) is 0 Å². The zero-order valence-corrected chi connectivity index (χ0v) is 22.5. The topological polar surface area (TPSA) is 146 Å². The van der Waals surface area contributed by atoms with Gasteiger partial charge in [0.1, 0.15) is 0 Å². The molecule has 214 valence electrons. The molecule has 4 rings (SSSR count). The first kappa shape index (κ1) is 28.8. The molecule has 2 N–H and O–H groups in total. The van der Waals surface area contributed by atoms with Crippen molar-refractivity contribution in [2.75, 3.05) is 39.6 Å². The number of hydrogen-bond donors (Lipinski definition) is 2. The van der Waals surface area contributed by atoms with Crippen molar-refractivity contribution in [3.05, 3.63) is 23.3 Å². The number of benzene rings is 1. The second kappa shape index (κ2) is 12.8. The SMILES string of the molecule is CCCON(CCC)C(=O)CN1C[C@H](c2cc(CO)c3c(c2)OCO3)[C@@H](C(=O)O)[C@@H]1CCN1C(=O)CCC1=O. The maximum Gasteiger partial charge on any atom is 0.308 e. The van der Waals surface area contributed by atoms with Crippen LogP contribution in [0.3, 0.4) is 0 Å². The summed E-state index contributed by atoms with van der Waals surface area (Å²) in [7, 11) is 0. The number of carboxylic acids is 1. The Morgan fingerprint density at radius 3 is 2.51 bits per heavy atom. The van der Waals surface area contributed by atoms with Gasteiger partial charge in [-0.15, -0.1) is 0 Å². The Kier molecular flexibility index (Phi) is 9.41. The highest BCUT2D eigenvalue weighted by atomic mass is 16.7. The van der Waals surface area contributed by atoms with E-state index in [4.69, 9.17) is 14.3 Å². The molecule has 0 saturated carbocycles. The van der Waals surface area contributed by atoms with Gasteiger partial charge in [-0.1, -0.05) is 13.8 Å². The first-order valence-corrected chi connectivity index (χ1v) is 13.6. The number of ether oxygens (including phenoxy) is 2. The zero-order chi connectivity index (χ0) is 28.1. The summed E-state index contributed by atoms with van der Waals surface area (Å²) in [6.07, 6.45) is 1.94. The van der Waals surface area contributed by atoms with E-state index in [1.54, 1.807) is 12.1 Å². The number of imide groups is 1. The van der Waals surface area contributed by atoms with E-state index in [0.717, 1.165) is 6.42 Å². The lowest BCUT2D eigenvalue weighted by Gasteiger charge is -2.30. The Bertz CT molecular complexity index is 1080. The molecule has 0 unspecified atom stereocenters. The Morgan fingerprint density at radius 1 is 1.13 bits per heavy atom. The van der Waals surface area contributed by atoms with Gasteiger partial charge < -0.3 is 19.7 Å². The summed E-state index contributed by atoms with van der Waals surface area (Å²) in [4.78, 5) is 59.2. The fourth-order valence-electron chi connectivity index (χ4n) is 5.68. The van der Waals surface area contributed by atoms with Crippen molar-refractivity contribution in [2.24, 2.45) is 5.92 Å². The molecule has 3 atom stereocenters. The summed E-state index contributed by atoms with van der Waals surface area (Å²) in [6.45, 7) is 4.62. The number of carbonyl (C=O) groups excluding carboxylic acids is 3. The molecule has 0 spiro atoms. The van der Waals surface area contributed by atoms with Crippen LogP contribution in [0.1, 0.15) is 63.0 Å². The second-order valence-electron chi connectivity index (χ2n) is 10.1. The molecular formula is C27H37N3O9. The fourth-order valence-corrected chi connectivity index (χ4v) is 5.68. The number of carbonyl (C=O) groups is 4. The van der Waals surface area contributed by atoms with Crippen LogP contribution in [0.25, 0.3) is 0 Å². The van der Waals surface area contributed by atoms with E-state index >= 15 is 0 Å². The van der Waals surface area contributed by atoms with Crippen LogP contribution in [-0.2, 0) is 30.6 Å². The highest BCUT2D eigenvalue weighted by Crippen LogP contribution is 2.44. The highest BCUT2D eigenvalue weighted by Gasteiger charge is 2.48. The van der Waals surface area contributed by atoms with E-state index in [0.29, 0.717) is 42.2 Å². The number of amides is 3. The summed E-state index contributed by atoms with van der Waals surface area (Å²) < 4.78 is 11.0. The quantitative estimate of drug-likeness (QED) is 0.275. The standard InChI is InChI=1S/C27H37N3O9/c1-3-8-30(39-10-4-2)24(34)14-28-13-19(17-11-18(15-31)26-21(12-17)37-16-38-26)25(27(35)36)20(28)7-9-29-22(32)5-6-23(29)33/h11-12,19-20,25,31H,3-10,13-16H2,1-2H3,(H,35,36)/t19-,20+,25-/m1/s1. The van der Waals surface area contributed by atoms with Crippen molar-refractivity contribution < 1.29 is 43.7 Å². The van der Waals surface area contributed by atoms with Gasteiger partial charge in [0.05, 0.1) is 25.7 Å². The van der Waals surface area contributed by atoms with Crippen LogP contribution in [-0.4, -0.2) is 94.4 Å². The molecule has 0 aromatic heterocycles. The molecule has 1 aromatic carbocycles. The molecule has 39 heavy (non-hydrogen) atoms. The van der Waals surface area contributed by atoms with Crippen LogP contribution in [0.5, 0.6) is 11.5 Å². The van der Waals surface area contributed by atoms with Crippen molar-refractivity contribution in [3.8, 4) is 11.5 Å². The summed E-state index contributed by atoms with van der Waals surface area (Å²) in [5, 5.41) is 21.6. The third kappa shape index (κ3) is 6.18. The minimum Gasteiger partial charge on any atom is -0.481 e. The molecule has 1 aromatic rings. The summed E-state index contributed by atoms with van der Waals surface area (Å²) in [5.74, 6) is -2.48. The number of carboxylic acid groups (broad SMARTS) is 1. The van der Waals surface area contributed by atoms with Gasteiger partial charge in [-0.25, -0.2) is 5.06 Å². The van der Waals surface area contributed by atoms with Crippen molar-refractivity contribution in [1.29, 1.82) is 0 Å². The molecule has 3 heterocycles. The Balaban J connectivity index is 1.64. The first-order valence-electron chi connectivity index (χ1n) is 13.6. The van der Waals surface area contributed by atoms with Crippen LogP contribution in [0.15, 0.2) is 12.1 Å². The minimum atomic E-state index is -1.05. The van der Waals surface area contributed by atoms with E-state index in [1.165, 1.54) is 9.96 Å². The fraction of sp³-hybridized carbons (Fsp3) is 0.630. The third-order valence-electron chi connectivity index (χ3n) is 7.50. The van der Waals surface area contributed by atoms with Crippen molar-refractivity contribution in [2.45, 2.75) is 64.5 Å². The van der Waals surface area contributed by atoms with Crippen LogP contribution >= 0.6 is 0 Å². The molecule has 3 aliphatic heterocycles. The van der Waals surface area contributed by atoms with Gasteiger partial charge >= 0.3 is 5.97 Å². The zero-order valence-electron chi connectivity index (χ0n) is 22.5. The third-order valence-corrected chi connectivity index (χ3v) is 7.50. The highest BCUT2D eigenvalue weighted by molar-refractivity contribution is 6.01. The molecule has 2 saturated heterocycles. The van der Waals surface area contributed by atoms with E-state index < -0.39 is 23.8 Å². The second-order valence-corrected chi connectivity index (χ2v) is 10.1. The molecule has 12 nitrogen and oxygen atoms in total. The number of hydrogen-bond acceptors (Lipinski definition) is 9. The normalized spacial score (nSPS) is 22.6. The average molecular weight is 548 g/mol. The lowest BCUT2D eigenvalue weighted by Crippen LogP contribution is -2.45. The molecule has 0 radical (unpaired) electrons. The number of likely N-dealkylation sites (tertiary alicyclic amines) is 2. The van der Waals surface area contributed by atoms with Crippen LogP contribution < -0.4 is 9.47 Å². The predicted molar refractivity (Wildman–Crippen MR) is 137 cm³/mol. The number of aliphatic carboxylic acids is 1. The van der Waals surface area contributed by atoms with E-state index in [-0.39, 0.29) is 70.0 Å². The Labute approximate surface area is 227 Å². The van der Waals surface area contributed by atoms with Crippen LogP contribution in [0.2, 0.25) is 0 Å². The van der Waals surface area contributed by atoms with Crippen molar-refractivity contribution >= 4 is 23.7 Å². The molecule has 3 aliphatic rings. The number of nitrogens with zero attached hydrogens (tertiary/aromatic N) is 3. The molecule has 0 aliphatic carbocycles. The van der Waals surface area contributed by atoms with E-state index in [2.05, 4.69) is 0 Å². The van der Waals surface area contributed by atoms with E-state index in [1.807, 2.05) is 18.7 Å². The van der Waals surface area contributed by atoms with Gasteiger partial charge in [0.25, 0.3) is 5.91 Å². The van der Waals surface area contributed by atoms with Gasteiger partial charge in [-0.05, 0) is 37.0 Å². The molecule has 2 fully saturated rings. The Morgan fingerprint density at radius 2 is 1.87 bits per heavy atom. The monoisotopic (exact) mass is 547 g/mol. The lowest BCUT2D eigenvalue weighted by atomic mass is 9.83. The van der Waals surface area contributed by atoms with Crippen molar-refractivity contribution in [1.82, 2.24) is 14.9 Å².